The number of rotatable bonds is 8. The quantitative estimate of drug-likeness (QED) is 0.523. The molecular formula is C11H25N3O2. The van der Waals surface area contributed by atoms with Gasteiger partial charge in [-0.1, -0.05) is 6.08 Å². The molecule has 0 spiro atoms. The van der Waals surface area contributed by atoms with Crippen LogP contribution in [-0.2, 0) is 9.47 Å². The number of nitrogens with one attached hydrogen (secondary N) is 3. The summed E-state index contributed by atoms with van der Waals surface area (Å²) in [6, 6.07) is 0. The Kier molecular flexibility index (Phi) is 7.33. The summed E-state index contributed by atoms with van der Waals surface area (Å²) in [5, 5.41) is 9.51. The van der Waals surface area contributed by atoms with E-state index in [9.17, 15) is 0 Å². The Morgan fingerprint density at radius 1 is 1.19 bits per heavy atom. The molecule has 5 heteroatoms. The van der Waals surface area contributed by atoms with Gasteiger partial charge in [-0.2, -0.15) is 0 Å². The van der Waals surface area contributed by atoms with Gasteiger partial charge in [0.05, 0.1) is 0 Å². The van der Waals surface area contributed by atoms with Crippen molar-refractivity contribution in [3.8, 4) is 0 Å². The van der Waals surface area contributed by atoms with E-state index in [-0.39, 0.29) is 6.29 Å². The first kappa shape index (κ1) is 15.4. The topological polar surface area (TPSA) is 54.5 Å². The largest absolute Gasteiger partial charge is 0.392 e. The molecule has 0 atom stereocenters. The summed E-state index contributed by atoms with van der Waals surface area (Å²) in [4.78, 5) is 0. The molecule has 0 aliphatic rings. The molecule has 0 aliphatic carbocycles. The van der Waals surface area contributed by atoms with Crippen LogP contribution in [0.4, 0.5) is 0 Å². The van der Waals surface area contributed by atoms with Gasteiger partial charge in [0.15, 0.2) is 6.29 Å². The van der Waals surface area contributed by atoms with Crippen LogP contribution in [0.3, 0.4) is 0 Å². The number of hydrogen-bond donors (Lipinski definition) is 3. The average Bonchev–Trinajstić information content (AvgIpc) is 2.34. The van der Waals surface area contributed by atoms with Gasteiger partial charge in [0.1, 0.15) is 5.66 Å². The Hall–Kier alpha value is -0.620. The van der Waals surface area contributed by atoms with Gasteiger partial charge >= 0.3 is 0 Å². The minimum Gasteiger partial charge on any atom is -0.392 e. The van der Waals surface area contributed by atoms with Gasteiger partial charge in [-0.25, -0.2) is 0 Å². The maximum atomic E-state index is 5.32. The molecule has 0 saturated heterocycles. The van der Waals surface area contributed by atoms with Gasteiger partial charge in [0.2, 0.25) is 0 Å². The fourth-order valence-corrected chi connectivity index (χ4v) is 1.58. The van der Waals surface area contributed by atoms with E-state index in [0.29, 0.717) is 0 Å². The first-order valence-corrected chi connectivity index (χ1v) is 5.38. The van der Waals surface area contributed by atoms with Crippen molar-refractivity contribution in [2.75, 3.05) is 35.4 Å². The molecule has 0 aliphatic heterocycles. The highest BCUT2D eigenvalue weighted by molar-refractivity contribution is 5.01. The summed E-state index contributed by atoms with van der Waals surface area (Å²) >= 11 is 0. The van der Waals surface area contributed by atoms with Crippen LogP contribution in [0.1, 0.15) is 13.3 Å². The average molecular weight is 231 g/mol. The zero-order valence-corrected chi connectivity index (χ0v) is 11.2. The third kappa shape index (κ3) is 3.75. The highest BCUT2D eigenvalue weighted by atomic mass is 16.7. The van der Waals surface area contributed by atoms with Crippen molar-refractivity contribution < 1.29 is 9.47 Å². The number of likely N-dealkylation sites (N-methyl/N-ethyl adjacent to an activating group) is 2. The molecule has 0 aromatic rings. The molecule has 16 heavy (non-hydrogen) atoms. The van der Waals surface area contributed by atoms with Crippen LogP contribution < -0.4 is 16.0 Å². The van der Waals surface area contributed by atoms with Crippen molar-refractivity contribution in [3.63, 3.8) is 0 Å². The molecule has 0 aromatic carbocycles. The minimum absolute atomic E-state index is 0.358. The second-order valence-corrected chi connectivity index (χ2v) is 3.62. The molecule has 5 nitrogen and oxygen atoms in total. The predicted octanol–water partition coefficient (Wildman–Crippen LogP) is 0.254. The molecule has 0 bridgehead atoms. The van der Waals surface area contributed by atoms with E-state index in [4.69, 9.17) is 9.47 Å². The maximum Gasteiger partial charge on any atom is 0.188 e. The van der Waals surface area contributed by atoms with Gasteiger partial charge < -0.3 is 14.8 Å². The Bertz CT molecular complexity index is 211. The number of allylic oxidation sites excluding steroid dienone is 1. The fourth-order valence-electron chi connectivity index (χ4n) is 1.58. The van der Waals surface area contributed by atoms with E-state index in [1.54, 1.807) is 14.2 Å². The summed E-state index contributed by atoms with van der Waals surface area (Å²) < 4.78 is 10.6. The standard InChI is InChI=1S/C11H25N3O2/c1-9(12-2)7-8-11(13-3,14-4)10(15-5)16-6/h7,10,12-14H,8H2,1-6H3. The van der Waals surface area contributed by atoms with Crippen LogP contribution in [0.5, 0.6) is 0 Å². The monoisotopic (exact) mass is 231 g/mol. The van der Waals surface area contributed by atoms with Crippen LogP contribution in [0.15, 0.2) is 11.8 Å². The van der Waals surface area contributed by atoms with E-state index >= 15 is 0 Å². The molecule has 3 N–H and O–H groups in total. The zero-order chi connectivity index (χ0) is 12.6. The van der Waals surface area contributed by atoms with Gasteiger partial charge in [-0.15, -0.1) is 0 Å². The predicted molar refractivity (Wildman–Crippen MR) is 66.1 cm³/mol. The van der Waals surface area contributed by atoms with Crippen molar-refractivity contribution >= 4 is 0 Å². The second kappa shape index (κ2) is 7.62. The molecule has 96 valence electrons. The molecular weight excluding hydrogens is 206 g/mol. The van der Waals surface area contributed by atoms with Crippen molar-refractivity contribution in [2.45, 2.75) is 25.3 Å². The number of methoxy groups -OCH3 is 2. The van der Waals surface area contributed by atoms with Crippen LogP contribution >= 0.6 is 0 Å². The lowest BCUT2D eigenvalue weighted by molar-refractivity contribution is -0.161. The Balaban J connectivity index is 4.80. The van der Waals surface area contributed by atoms with Crippen molar-refractivity contribution in [3.05, 3.63) is 11.8 Å². The van der Waals surface area contributed by atoms with Crippen LogP contribution in [0.2, 0.25) is 0 Å². The van der Waals surface area contributed by atoms with Crippen molar-refractivity contribution in [1.29, 1.82) is 0 Å². The molecule has 0 heterocycles. The van der Waals surface area contributed by atoms with E-state index in [2.05, 4.69) is 22.0 Å². The Morgan fingerprint density at radius 2 is 1.69 bits per heavy atom. The van der Waals surface area contributed by atoms with E-state index in [0.717, 1.165) is 12.1 Å². The summed E-state index contributed by atoms with van der Waals surface area (Å²) in [6.07, 6.45) is 2.49. The van der Waals surface area contributed by atoms with E-state index in [1.807, 2.05) is 28.1 Å². The molecule has 0 unspecified atom stereocenters. The minimum atomic E-state index is -0.429. The van der Waals surface area contributed by atoms with Crippen LogP contribution in [0, 0.1) is 0 Å². The maximum absolute atomic E-state index is 5.32. The van der Waals surface area contributed by atoms with Crippen molar-refractivity contribution in [1.82, 2.24) is 16.0 Å². The lowest BCUT2D eigenvalue weighted by Gasteiger charge is -2.38. The zero-order valence-electron chi connectivity index (χ0n) is 11.2. The number of hydrogen-bond acceptors (Lipinski definition) is 5. The molecule has 0 amide bonds. The van der Waals surface area contributed by atoms with Crippen molar-refractivity contribution in [2.24, 2.45) is 0 Å². The Labute approximate surface area is 98.6 Å². The molecule has 0 rings (SSSR count). The lowest BCUT2D eigenvalue weighted by Crippen LogP contribution is -2.63. The summed E-state index contributed by atoms with van der Waals surface area (Å²) in [5.41, 5.74) is 0.683. The molecule has 0 aromatic heterocycles. The normalized spacial score (nSPS) is 13.3. The number of ether oxygens (including phenoxy) is 2. The second-order valence-electron chi connectivity index (χ2n) is 3.62. The molecule has 0 radical (unpaired) electrons. The third-order valence-electron chi connectivity index (χ3n) is 2.85. The van der Waals surface area contributed by atoms with Gasteiger partial charge in [-0.3, -0.25) is 10.6 Å². The van der Waals surface area contributed by atoms with Crippen LogP contribution in [0.25, 0.3) is 0 Å². The summed E-state index contributed by atoms with van der Waals surface area (Å²) in [7, 11) is 8.92. The first-order chi connectivity index (χ1) is 7.60. The summed E-state index contributed by atoms with van der Waals surface area (Å²) in [6.45, 7) is 2.02. The van der Waals surface area contributed by atoms with E-state index < -0.39 is 5.66 Å². The van der Waals surface area contributed by atoms with Gasteiger partial charge in [0, 0.05) is 33.4 Å². The molecule has 0 fully saturated rings. The third-order valence-corrected chi connectivity index (χ3v) is 2.85. The smallest absolute Gasteiger partial charge is 0.188 e. The highest BCUT2D eigenvalue weighted by Gasteiger charge is 2.35. The SMILES string of the molecule is CNC(C)=CCC(NC)(NC)C(OC)OC. The molecule has 0 saturated carbocycles. The van der Waals surface area contributed by atoms with Crippen LogP contribution in [-0.4, -0.2) is 47.3 Å². The highest BCUT2D eigenvalue weighted by Crippen LogP contribution is 2.16. The Morgan fingerprint density at radius 3 is 2.00 bits per heavy atom. The summed E-state index contributed by atoms with van der Waals surface area (Å²) in [5.74, 6) is 0. The van der Waals surface area contributed by atoms with Gasteiger partial charge in [0.25, 0.3) is 0 Å². The van der Waals surface area contributed by atoms with E-state index in [1.165, 1.54) is 0 Å². The fraction of sp³-hybridized carbons (Fsp3) is 0.818. The first-order valence-electron chi connectivity index (χ1n) is 5.38. The van der Waals surface area contributed by atoms with Gasteiger partial charge in [-0.05, 0) is 21.0 Å². The lowest BCUT2D eigenvalue weighted by atomic mass is 10.0.